The Morgan fingerprint density at radius 3 is 2.62 bits per heavy atom. The molecule has 1 heterocycles. The number of allylic oxidation sites excluding steroid dienone is 3. The lowest BCUT2D eigenvalue weighted by Crippen LogP contribution is -2.02. The average molecular weight is 316 g/mol. The molecule has 0 fully saturated rings. The molecule has 0 N–H and O–H groups in total. The Labute approximate surface area is 141 Å². The van der Waals surface area contributed by atoms with Crippen LogP contribution in [-0.2, 0) is 11.3 Å². The van der Waals surface area contributed by atoms with Gasteiger partial charge in [-0.05, 0) is 29.2 Å². The molecule has 3 aromatic rings. The van der Waals surface area contributed by atoms with Gasteiger partial charge < -0.3 is 4.74 Å². The third-order valence-electron chi connectivity index (χ3n) is 4.40. The summed E-state index contributed by atoms with van der Waals surface area (Å²) in [6.45, 7) is 1.47. The summed E-state index contributed by atoms with van der Waals surface area (Å²) in [6.07, 6.45) is 5.25. The van der Waals surface area contributed by atoms with E-state index in [4.69, 9.17) is 9.84 Å². The van der Waals surface area contributed by atoms with Crippen LogP contribution in [0.1, 0.15) is 17.7 Å². The predicted molar refractivity (Wildman–Crippen MR) is 97.8 cm³/mol. The van der Waals surface area contributed by atoms with Crippen molar-refractivity contribution in [1.82, 2.24) is 9.78 Å². The van der Waals surface area contributed by atoms with Crippen LogP contribution in [0.5, 0.6) is 0 Å². The maximum atomic E-state index is 5.25. The fourth-order valence-electron chi connectivity index (χ4n) is 3.27. The molecular formula is C21H20N2O. The topological polar surface area (TPSA) is 27.1 Å². The highest BCUT2D eigenvalue weighted by Gasteiger charge is 2.17. The van der Waals surface area contributed by atoms with E-state index in [1.165, 1.54) is 27.6 Å². The molecule has 0 saturated carbocycles. The molecule has 0 aliphatic heterocycles. The number of ether oxygens (including phenoxy) is 1. The molecule has 4 rings (SSSR count). The van der Waals surface area contributed by atoms with Crippen molar-refractivity contribution < 1.29 is 4.74 Å². The summed E-state index contributed by atoms with van der Waals surface area (Å²) in [5.41, 5.74) is 6.09. The minimum absolute atomic E-state index is 0.683. The van der Waals surface area contributed by atoms with Crippen LogP contribution in [0, 0.1) is 0 Å². The minimum atomic E-state index is 0.683. The molecule has 0 bridgehead atoms. The average Bonchev–Trinajstić information content (AvgIpc) is 3.22. The number of hydrogen-bond donors (Lipinski definition) is 0. The summed E-state index contributed by atoms with van der Waals surface area (Å²) < 4.78 is 7.36. The molecule has 0 radical (unpaired) electrons. The van der Waals surface area contributed by atoms with Crippen molar-refractivity contribution in [3.63, 3.8) is 0 Å². The standard InChI is InChI=1S/C21H20N2O/c1-24-15-17-11-12-18(13-17)21-19-9-5-6-10-20(19)23(22-21)14-16-7-3-2-4-8-16/h2-12H,13-15H2,1H3. The van der Waals surface area contributed by atoms with E-state index in [9.17, 15) is 0 Å². The van der Waals surface area contributed by atoms with E-state index in [2.05, 4.69) is 65.4 Å². The number of aromatic nitrogens is 2. The first kappa shape index (κ1) is 14.9. The van der Waals surface area contributed by atoms with Gasteiger partial charge in [-0.15, -0.1) is 0 Å². The number of nitrogens with zero attached hydrogens (tertiary/aromatic N) is 2. The first-order valence-corrected chi connectivity index (χ1v) is 8.22. The molecule has 1 aliphatic rings. The molecule has 0 spiro atoms. The van der Waals surface area contributed by atoms with Gasteiger partial charge in [-0.1, -0.05) is 60.7 Å². The highest BCUT2D eigenvalue weighted by atomic mass is 16.5. The van der Waals surface area contributed by atoms with Crippen LogP contribution in [0.25, 0.3) is 16.5 Å². The lowest BCUT2D eigenvalue weighted by Gasteiger charge is -2.04. The van der Waals surface area contributed by atoms with Crippen molar-refractivity contribution in [1.29, 1.82) is 0 Å². The van der Waals surface area contributed by atoms with E-state index in [0.717, 1.165) is 18.7 Å². The Kier molecular flexibility index (Phi) is 4.01. The Balaban J connectivity index is 1.70. The van der Waals surface area contributed by atoms with Gasteiger partial charge in [0.1, 0.15) is 0 Å². The van der Waals surface area contributed by atoms with E-state index in [1.54, 1.807) is 7.11 Å². The number of para-hydroxylation sites is 1. The molecule has 1 aliphatic carbocycles. The summed E-state index contributed by atoms with van der Waals surface area (Å²) >= 11 is 0. The number of methoxy groups -OCH3 is 1. The minimum Gasteiger partial charge on any atom is -0.380 e. The monoisotopic (exact) mass is 316 g/mol. The molecule has 3 nitrogen and oxygen atoms in total. The van der Waals surface area contributed by atoms with E-state index in [1.807, 2.05) is 6.07 Å². The molecule has 1 aromatic heterocycles. The molecule has 0 atom stereocenters. The Morgan fingerprint density at radius 2 is 1.79 bits per heavy atom. The van der Waals surface area contributed by atoms with Crippen LogP contribution >= 0.6 is 0 Å². The first-order chi connectivity index (χ1) is 11.8. The van der Waals surface area contributed by atoms with Gasteiger partial charge in [-0.3, -0.25) is 4.68 Å². The number of hydrogen-bond acceptors (Lipinski definition) is 2. The van der Waals surface area contributed by atoms with Crippen molar-refractivity contribution in [2.45, 2.75) is 13.0 Å². The van der Waals surface area contributed by atoms with Crippen LogP contribution in [0.2, 0.25) is 0 Å². The van der Waals surface area contributed by atoms with Crippen LogP contribution in [0.4, 0.5) is 0 Å². The van der Waals surface area contributed by atoms with Gasteiger partial charge in [0.25, 0.3) is 0 Å². The zero-order valence-corrected chi connectivity index (χ0v) is 13.8. The van der Waals surface area contributed by atoms with Gasteiger partial charge in [0.15, 0.2) is 0 Å². The smallest absolute Gasteiger partial charge is 0.0965 e. The third kappa shape index (κ3) is 2.79. The second-order valence-electron chi connectivity index (χ2n) is 6.14. The molecule has 2 aromatic carbocycles. The summed E-state index contributed by atoms with van der Waals surface area (Å²) in [6, 6.07) is 18.9. The van der Waals surface area contributed by atoms with Crippen LogP contribution in [0.15, 0.2) is 72.3 Å². The molecule has 0 amide bonds. The summed E-state index contributed by atoms with van der Waals surface area (Å²) in [5.74, 6) is 0. The van der Waals surface area contributed by atoms with Crippen molar-refractivity contribution in [2.75, 3.05) is 13.7 Å². The zero-order valence-electron chi connectivity index (χ0n) is 13.8. The first-order valence-electron chi connectivity index (χ1n) is 8.22. The summed E-state index contributed by atoms with van der Waals surface area (Å²) in [7, 11) is 1.74. The van der Waals surface area contributed by atoms with Gasteiger partial charge in [0.2, 0.25) is 0 Å². The van der Waals surface area contributed by atoms with Crippen molar-refractivity contribution in [3.05, 3.63) is 83.6 Å². The van der Waals surface area contributed by atoms with Crippen molar-refractivity contribution in [2.24, 2.45) is 0 Å². The van der Waals surface area contributed by atoms with Gasteiger partial charge in [0.05, 0.1) is 24.4 Å². The van der Waals surface area contributed by atoms with E-state index >= 15 is 0 Å². The zero-order chi connectivity index (χ0) is 16.4. The van der Waals surface area contributed by atoms with E-state index in [-0.39, 0.29) is 0 Å². The second kappa shape index (κ2) is 6.46. The maximum absolute atomic E-state index is 5.25. The fourth-order valence-corrected chi connectivity index (χ4v) is 3.27. The fraction of sp³-hybridized carbons (Fsp3) is 0.190. The van der Waals surface area contributed by atoms with Crippen LogP contribution < -0.4 is 0 Å². The summed E-state index contributed by atoms with van der Waals surface area (Å²) in [5, 5.41) is 6.15. The number of fused-ring (bicyclic) bond motifs is 1. The number of rotatable bonds is 5. The highest BCUT2D eigenvalue weighted by molar-refractivity contribution is 5.92. The van der Waals surface area contributed by atoms with Crippen molar-refractivity contribution >= 4 is 16.5 Å². The molecule has 0 unspecified atom stereocenters. The predicted octanol–water partition coefficient (Wildman–Crippen LogP) is 4.44. The Morgan fingerprint density at radius 1 is 1.00 bits per heavy atom. The molecule has 24 heavy (non-hydrogen) atoms. The molecule has 0 saturated heterocycles. The van der Waals surface area contributed by atoms with Crippen LogP contribution in [-0.4, -0.2) is 23.5 Å². The Hall–Kier alpha value is -2.65. The third-order valence-corrected chi connectivity index (χ3v) is 4.40. The molecule has 120 valence electrons. The van der Waals surface area contributed by atoms with Gasteiger partial charge in [-0.2, -0.15) is 5.10 Å². The maximum Gasteiger partial charge on any atom is 0.0965 e. The second-order valence-corrected chi connectivity index (χ2v) is 6.14. The van der Waals surface area contributed by atoms with Crippen molar-refractivity contribution in [3.8, 4) is 0 Å². The molecular weight excluding hydrogens is 296 g/mol. The van der Waals surface area contributed by atoms with E-state index < -0.39 is 0 Å². The Bertz CT molecular complexity index is 919. The van der Waals surface area contributed by atoms with Crippen LogP contribution in [0.3, 0.4) is 0 Å². The van der Waals surface area contributed by atoms with Gasteiger partial charge in [0, 0.05) is 12.5 Å². The largest absolute Gasteiger partial charge is 0.380 e. The lowest BCUT2D eigenvalue weighted by molar-refractivity contribution is 0.225. The van der Waals surface area contributed by atoms with E-state index in [0.29, 0.717) is 6.61 Å². The number of benzene rings is 2. The van der Waals surface area contributed by atoms with Gasteiger partial charge >= 0.3 is 0 Å². The van der Waals surface area contributed by atoms with Gasteiger partial charge in [-0.25, -0.2) is 0 Å². The highest BCUT2D eigenvalue weighted by Crippen LogP contribution is 2.32. The SMILES string of the molecule is COCC1=CC=C(c2nn(Cc3ccccc3)c3ccccc23)C1. The lowest BCUT2D eigenvalue weighted by atomic mass is 10.1. The molecule has 3 heteroatoms. The normalized spacial score (nSPS) is 14.0. The summed E-state index contributed by atoms with van der Waals surface area (Å²) in [4.78, 5) is 0. The quantitative estimate of drug-likeness (QED) is 0.695.